The zero-order chi connectivity index (χ0) is 9.90. The molecule has 1 aromatic rings. The molecule has 0 amide bonds. The van der Waals surface area contributed by atoms with Crippen LogP contribution in [0.25, 0.3) is 0 Å². The van der Waals surface area contributed by atoms with E-state index in [0.29, 0.717) is 19.5 Å². The lowest BCUT2D eigenvalue weighted by Gasteiger charge is -2.14. The monoisotopic (exact) mass is 185 g/mol. The van der Waals surface area contributed by atoms with Gasteiger partial charge in [0.05, 0.1) is 12.0 Å². The van der Waals surface area contributed by atoms with Crippen LogP contribution in [0.15, 0.2) is 12.5 Å². The van der Waals surface area contributed by atoms with Crippen molar-refractivity contribution in [1.29, 1.82) is 0 Å². The fourth-order valence-corrected chi connectivity index (χ4v) is 1.11. The van der Waals surface area contributed by atoms with Crippen molar-refractivity contribution >= 4 is 0 Å². The third kappa shape index (κ3) is 3.14. The average molecular weight is 185 g/mol. The summed E-state index contributed by atoms with van der Waals surface area (Å²) in [6.45, 7) is 4.24. The van der Waals surface area contributed by atoms with Gasteiger partial charge < -0.3 is 10.3 Å². The van der Waals surface area contributed by atoms with Gasteiger partial charge in [-0.3, -0.25) is 0 Å². The number of hydrogen-bond donors (Lipinski definition) is 1. The molecule has 0 fully saturated rings. The summed E-state index contributed by atoms with van der Waals surface area (Å²) in [6.07, 6.45) is 3.88. The minimum Gasteiger partial charge on any atom is -0.333 e. The highest BCUT2D eigenvalue weighted by molar-refractivity contribution is 4.97. The molecule has 13 heavy (non-hydrogen) atoms. The SMILES string of the molecule is CC(C)(F)CCn1cncc1CN. The van der Waals surface area contributed by atoms with E-state index in [1.807, 2.05) is 4.57 Å². The van der Waals surface area contributed by atoms with E-state index in [2.05, 4.69) is 4.98 Å². The Morgan fingerprint density at radius 3 is 2.85 bits per heavy atom. The van der Waals surface area contributed by atoms with Crippen molar-refractivity contribution in [1.82, 2.24) is 9.55 Å². The summed E-state index contributed by atoms with van der Waals surface area (Å²) in [6, 6.07) is 0. The molecule has 0 atom stereocenters. The molecule has 0 saturated carbocycles. The first kappa shape index (κ1) is 10.2. The van der Waals surface area contributed by atoms with Gasteiger partial charge in [0.2, 0.25) is 0 Å². The normalized spacial score (nSPS) is 12.0. The number of alkyl halides is 1. The summed E-state index contributed by atoms with van der Waals surface area (Å²) in [5, 5.41) is 0. The Morgan fingerprint density at radius 2 is 2.31 bits per heavy atom. The standard InChI is InChI=1S/C9H16FN3/c1-9(2,10)3-4-13-7-12-6-8(13)5-11/h6-7H,3-5,11H2,1-2H3. The maximum absolute atomic E-state index is 13.2. The molecule has 1 heterocycles. The number of rotatable bonds is 4. The Hall–Kier alpha value is -0.900. The summed E-state index contributed by atoms with van der Waals surface area (Å²) < 4.78 is 15.0. The summed E-state index contributed by atoms with van der Waals surface area (Å²) >= 11 is 0. The van der Waals surface area contributed by atoms with Crippen LogP contribution in [0, 0.1) is 0 Å². The molecule has 0 bridgehead atoms. The second-order valence-corrected chi connectivity index (χ2v) is 3.75. The highest BCUT2D eigenvalue weighted by Crippen LogP contribution is 2.15. The molecule has 1 rings (SSSR count). The summed E-state index contributed by atoms with van der Waals surface area (Å²) in [5.41, 5.74) is 5.30. The molecule has 4 heteroatoms. The van der Waals surface area contributed by atoms with Gasteiger partial charge >= 0.3 is 0 Å². The lowest BCUT2D eigenvalue weighted by atomic mass is 10.1. The molecule has 74 valence electrons. The molecular weight excluding hydrogens is 169 g/mol. The zero-order valence-electron chi connectivity index (χ0n) is 8.13. The van der Waals surface area contributed by atoms with Gasteiger partial charge in [-0.1, -0.05) is 0 Å². The van der Waals surface area contributed by atoms with Gasteiger partial charge in [0.25, 0.3) is 0 Å². The topological polar surface area (TPSA) is 43.8 Å². The summed E-state index contributed by atoms with van der Waals surface area (Å²) in [5.74, 6) is 0. The molecule has 3 nitrogen and oxygen atoms in total. The number of imidazole rings is 1. The van der Waals surface area contributed by atoms with Crippen molar-refractivity contribution in [2.75, 3.05) is 0 Å². The third-order valence-corrected chi connectivity index (χ3v) is 1.95. The van der Waals surface area contributed by atoms with Crippen molar-refractivity contribution in [3.05, 3.63) is 18.2 Å². The van der Waals surface area contributed by atoms with Crippen LogP contribution in [0.4, 0.5) is 4.39 Å². The number of hydrogen-bond acceptors (Lipinski definition) is 2. The zero-order valence-corrected chi connectivity index (χ0v) is 8.13. The van der Waals surface area contributed by atoms with Gasteiger partial charge in [-0.15, -0.1) is 0 Å². The first-order chi connectivity index (χ1) is 6.03. The van der Waals surface area contributed by atoms with Crippen LogP contribution in [0.3, 0.4) is 0 Å². The smallest absolute Gasteiger partial charge is 0.107 e. The molecule has 0 radical (unpaired) electrons. The molecule has 1 aromatic heterocycles. The van der Waals surface area contributed by atoms with Crippen molar-refractivity contribution < 1.29 is 4.39 Å². The van der Waals surface area contributed by atoms with Gasteiger partial charge in [0.1, 0.15) is 5.67 Å². The van der Waals surface area contributed by atoms with Crippen LogP contribution in [-0.2, 0) is 13.1 Å². The lowest BCUT2D eigenvalue weighted by Crippen LogP contribution is -2.16. The Bertz CT molecular complexity index is 262. The van der Waals surface area contributed by atoms with Crippen molar-refractivity contribution in [2.24, 2.45) is 5.73 Å². The maximum atomic E-state index is 13.2. The van der Waals surface area contributed by atoms with E-state index < -0.39 is 5.67 Å². The molecule has 0 aromatic carbocycles. The van der Waals surface area contributed by atoms with E-state index in [1.165, 1.54) is 0 Å². The third-order valence-electron chi connectivity index (χ3n) is 1.95. The molecule has 0 saturated heterocycles. The molecular formula is C9H16FN3. The minimum absolute atomic E-state index is 0.451. The molecule has 0 aliphatic carbocycles. The van der Waals surface area contributed by atoms with Gasteiger partial charge in [0.15, 0.2) is 0 Å². The van der Waals surface area contributed by atoms with Crippen molar-refractivity contribution in [3.63, 3.8) is 0 Å². The van der Waals surface area contributed by atoms with Gasteiger partial charge in [0, 0.05) is 19.3 Å². The Morgan fingerprint density at radius 1 is 1.62 bits per heavy atom. The maximum Gasteiger partial charge on any atom is 0.107 e. The van der Waals surface area contributed by atoms with Gasteiger partial charge in [-0.05, 0) is 20.3 Å². The van der Waals surface area contributed by atoms with E-state index in [-0.39, 0.29) is 0 Å². The van der Waals surface area contributed by atoms with Crippen molar-refractivity contribution in [2.45, 2.75) is 39.0 Å². The van der Waals surface area contributed by atoms with Crippen LogP contribution in [0.2, 0.25) is 0 Å². The minimum atomic E-state index is -1.13. The highest BCUT2D eigenvalue weighted by Gasteiger charge is 2.15. The first-order valence-electron chi connectivity index (χ1n) is 4.41. The van der Waals surface area contributed by atoms with E-state index in [1.54, 1.807) is 26.4 Å². The number of aromatic nitrogens is 2. The first-order valence-corrected chi connectivity index (χ1v) is 4.41. The van der Waals surface area contributed by atoms with E-state index >= 15 is 0 Å². The van der Waals surface area contributed by atoms with Gasteiger partial charge in [-0.25, -0.2) is 9.37 Å². The average Bonchev–Trinajstić information content (AvgIpc) is 2.46. The molecule has 0 aliphatic rings. The fraction of sp³-hybridized carbons (Fsp3) is 0.667. The Balaban J connectivity index is 2.54. The van der Waals surface area contributed by atoms with E-state index in [0.717, 1.165) is 5.69 Å². The quantitative estimate of drug-likeness (QED) is 0.772. The molecule has 2 N–H and O–H groups in total. The van der Waals surface area contributed by atoms with Crippen LogP contribution < -0.4 is 5.73 Å². The van der Waals surface area contributed by atoms with E-state index in [4.69, 9.17) is 5.73 Å². The largest absolute Gasteiger partial charge is 0.333 e. The summed E-state index contributed by atoms with van der Waals surface area (Å²) in [7, 11) is 0. The van der Waals surface area contributed by atoms with Crippen LogP contribution in [0.5, 0.6) is 0 Å². The summed E-state index contributed by atoms with van der Waals surface area (Å²) in [4.78, 5) is 3.95. The number of halogens is 1. The second-order valence-electron chi connectivity index (χ2n) is 3.75. The molecule has 0 unspecified atom stereocenters. The number of nitrogens with zero attached hydrogens (tertiary/aromatic N) is 2. The molecule has 0 aliphatic heterocycles. The van der Waals surface area contributed by atoms with Crippen molar-refractivity contribution in [3.8, 4) is 0 Å². The number of nitrogens with two attached hydrogens (primary N) is 1. The predicted molar refractivity (Wildman–Crippen MR) is 49.9 cm³/mol. The van der Waals surface area contributed by atoms with Crippen LogP contribution in [-0.4, -0.2) is 15.2 Å². The van der Waals surface area contributed by atoms with Gasteiger partial charge in [-0.2, -0.15) is 0 Å². The lowest BCUT2D eigenvalue weighted by molar-refractivity contribution is 0.192. The molecule has 0 spiro atoms. The van der Waals surface area contributed by atoms with E-state index in [9.17, 15) is 4.39 Å². The van der Waals surface area contributed by atoms with Crippen LogP contribution in [0.1, 0.15) is 26.0 Å². The van der Waals surface area contributed by atoms with Crippen LogP contribution >= 0.6 is 0 Å². The fourth-order valence-electron chi connectivity index (χ4n) is 1.11. The number of aryl methyl sites for hydroxylation is 1. The predicted octanol–water partition coefficient (Wildman–Crippen LogP) is 1.48. The highest BCUT2D eigenvalue weighted by atomic mass is 19.1. The Labute approximate surface area is 77.8 Å². The second kappa shape index (κ2) is 3.87. The Kier molecular flexibility index (Phi) is 3.03.